The van der Waals surface area contributed by atoms with Gasteiger partial charge < -0.3 is 109 Å². The fourth-order valence-electron chi connectivity index (χ4n) is 7.33. The summed E-state index contributed by atoms with van der Waals surface area (Å²) in [5, 5.41) is 91.5. The van der Waals surface area contributed by atoms with Crippen molar-refractivity contribution in [2.75, 3.05) is 18.9 Å². The summed E-state index contributed by atoms with van der Waals surface area (Å²) >= 11 is 0. The molecule has 12 atom stereocenters. The third-order valence-corrected chi connectivity index (χ3v) is 13.0. The SMILES string of the molecule is C[C@H](OP(=O)([O-])OC[C@@H](O)[C@@H](O)[C@@H](O)Cn1c2nc(=O)[nH]c(=O)c-2cc2ccc(OP(=O)([O-])OC[C@H]3O[C@@H](n4cnc5c(N)ncnc54)[C@H](O)[C@@H]3O)cc21)C(=O)N[C@@H](CCC(=O)N[C@@H](CCC(=O)[O-])C(=O)[O-])C(=O)[O-]. The summed E-state index contributed by atoms with van der Waals surface area (Å²) < 4.78 is 52.9. The number of aromatic amines is 1. The second-order valence-corrected chi connectivity index (χ2v) is 19.1. The quantitative estimate of drug-likeness (QED) is 0.0183. The van der Waals surface area contributed by atoms with E-state index in [1.165, 1.54) is 23.0 Å². The van der Waals surface area contributed by atoms with Gasteiger partial charge in [0, 0.05) is 18.5 Å². The van der Waals surface area contributed by atoms with Crippen LogP contribution in [0.2, 0.25) is 0 Å². The first kappa shape index (κ1) is 57.4. The number of nitrogen functional groups attached to an aromatic ring is 1. The number of aliphatic hydroxyl groups excluding tert-OH is 5. The number of carboxylic acids is 3. The fourth-order valence-corrected chi connectivity index (χ4v) is 8.96. The number of amides is 2. The number of H-pyrrole nitrogens is 1. The number of nitrogens with zero attached hydrogens (tertiary/aromatic N) is 6. The third-order valence-electron chi connectivity index (χ3n) is 11.1. The molecule has 1 aromatic carbocycles. The Hall–Kier alpha value is -6.91. The molecular weight excluding hydrogens is 1050 g/mol. The molecule has 3 aliphatic heterocycles. The van der Waals surface area contributed by atoms with E-state index in [2.05, 4.69) is 29.0 Å². The van der Waals surface area contributed by atoms with Crippen LogP contribution < -0.4 is 57.2 Å². The van der Waals surface area contributed by atoms with Crippen molar-refractivity contribution in [1.29, 1.82) is 0 Å². The van der Waals surface area contributed by atoms with Crippen LogP contribution in [0.15, 0.2) is 46.5 Å². The second-order valence-electron chi connectivity index (χ2n) is 16.4. The molecule has 0 saturated carbocycles. The molecule has 6 rings (SSSR count). The Morgan fingerprint density at radius 2 is 1.59 bits per heavy atom. The maximum absolute atomic E-state index is 13.1. The normalized spacial score (nSPS) is 20.8. The van der Waals surface area contributed by atoms with Gasteiger partial charge in [0.2, 0.25) is 11.8 Å². The molecule has 0 bridgehead atoms. The Morgan fingerprint density at radius 3 is 2.27 bits per heavy atom. The lowest BCUT2D eigenvalue weighted by molar-refractivity contribution is -0.311. The number of imidazole rings is 1. The number of carboxylic acid groups (broad SMARTS) is 3. The van der Waals surface area contributed by atoms with Crippen LogP contribution in [0.5, 0.6) is 5.75 Å². The molecule has 75 heavy (non-hydrogen) atoms. The predicted molar refractivity (Wildman–Crippen MR) is 233 cm³/mol. The lowest BCUT2D eigenvalue weighted by Crippen LogP contribution is -2.52. The van der Waals surface area contributed by atoms with Gasteiger partial charge in [-0.1, -0.05) is 0 Å². The molecule has 408 valence electrons. The summed E-state index contributed by atoms with van der Waals surface area (Å²) in [7, 11) is -11.1. The van der Waals surface area contributed by atoms with E-state index in [0.29, 0.717) is 0 Å². The molecule has 3 aromatic rings. The van der Waals surface area contributed by atoms with E-state index in [-0.39, 0.29) is 33.4 Å². The Labute approximate surface area is 417 Å². The Bertz CT molecular complexity index is 3140. The third kappa shape index (κ3) is 14.3. The van der Waals surface area contributed by atoms with Crippen molar-refractivity contribution in [3.63, 3.8) is 0 Å². The first-order valence-electron chi connectivity index (χ1n) is 21.7. The number of hydrogen-bond donors (Lipinski definition) is 9. The van der Waals surface area contributed by atoms with Gasteiger partial charge >= 0.3 is 13.5 Å². The Kier molecular flexibility index (Phi) is 18.2. The van der Waals surface area contributed by atoms with E-state index in [4.69, 9.17) is 19.5 Å². The van der Waals surface area contributed by atoms with Crippen molar-refractivity contribution in [2.24, 2.45) is 0 Å². The number of aliphatic carboxylic acids is 3. The van der Waals surface area contributed by atoms with Crippen LogP contribution in [-0.2, 0) is 58.0 Å². The Morgan fingerprint density at radius 1 is 0.907 bits per heavy atom. The van der Waals surface area contributed by atoms with Crippen LogP contribution >= 0.6 is 15.6 Å². The average molecular weight is 1100 g/mol. The maximum Gasteiger partial charge on any atom is 0.349 e. The molecular formula is C39H43N10O24P2-5. The van der Waals surface area contributed by atoms with Gasteiger partial charge in [0.25, 0.3) is 13.4 Å². The molecule has 2 aromatic heterocycles. The van der Waals surface area contributed by atoms with Crippen LogP contribution in [-0.4, -0.2) is 157 Å². The van der Waals surface area contributed by atoms with E-state index < -0.39 is 175 Å². The number of phosphoric acid groups is 2. The molecule has 36 heteroatoms. The van der Waals surface area contributed by atoms with E-state index >= 15 is 0 Å². The van der Waals surface area contributed by atoms with Crippen molar-refractivity contribution in [1.82, 2.24) is 44.7 Å². The number of phosphoric ester groups is 2. The van der Waals surface area contributed by atoms with Gasteiger partial charge in [-0.3, -0.25) is 33.1 Å². The van der Waals surface area contributed by atoms with Gasteiger partial charge in [-0.05, 0) is 49.8 Å². The monoisotopic (exact) mass is 1100 g/mol. The number of benzene rings is 1. The van der Waals surface area contributed by atoms with Crippen molar-refractivity contribution in [2.45, 2.75) is 100 Å². The van der Waals surface area contributed by atoms with Gasteiger partial charge in [0.05, 0.1) is 61.2 Å². The number of rotatable bonds is 26. The topological polar surface area (TPSA) is 544 Å². The fraction of sp³-hybridized carbons (Fsp3) is 0.462. The van der Waals surface area contributed by atoms with E-state index in [1.54, 1.807) is 0 Å². The average Bonchev–Trinajstić information content (AvgIpc) is 3.89. The minimum absolute atomic E-state index is 0.00713. The molecule has 0 aliphatic carbocycles. The number of carbonyl (C=O) groups is 5. The summed E-state index contributed by atoms with van der Waals surface area (Å²) in [4.78, 5) is 127. The van der Waals surface area contributed by atoms with Gasteiger partial charge in [-0.25, -0.2) is 19.7 Å². The van der Waals surface area contributed by atoms with Gasteiger partial charge in [-0.15, -0.1) is 0 Å². The molecule has 2 unspecified atom stereocenters. The first-order chi connectivity index (χ1) is 35.1. The lowest BCUT2D eigenvalue weighted by Gasteiger charge is -2.30. The number of fused-ring (bicyclic) bond motifs is 3. The van der Waals surface area contributed by atoms with Crippen molar-refractivity contribution in [3.05, 3.63) is 57.8 Å². The second kappa shape index (κ2) is 23.7. The summed E-state index contributed by atoms with van der Waals surface area (Å²) in [6.07, 6.45) is -15.7. The molecule has 0 radical (unpaired) electrons. The van der Waals surface area contributed by atoms with Crippen LogP contribution in [0.1, 0.15) is 38.8 Å². The molecule has 2 amide bonds. The molecule has 0 spiro atoms. The zero-order chi connectivity index (χ0) is 55.3. The molecule has 5 heterocycles. The van der Waals surface area contributed by atoms with Gasteiger partial charge in [-0.2, -0.15) is 4.98 Å². The highest BCUT2D eigenvalue weighted by atomic mass is 31.2. The minimum Gasteiger partial charge on any atom is -0.756 e. The molecule has 1 saturated heterocycles. The highest BCUT2D eigenvalue weighted by Gasteiger charge is 2.45. The molecule has 10 N–H and O–H groups in total. The number of pyridine rings is 1. The lowest BCUT2D eigenvalue weighted by atomic mass is 10.1. The number of nitrogens with two attached hydrogens (primary N) is 1. The highest BCUT2D eigenvalue weighted by molar-refractivity contribution is 7.46. The number of anilines is 1. The van der Waals surface area contributed by atoms with E-state index in [0.717, 1.165) is 30.0 Å². The minimum atomic E-state index is -5.67. The van der Waals surface area contributed by atoms with Crippen molar-refractivity contribution >= 4 is 73.3 Å². The maximum atomic E-state index is 13.1. The van der Waals surface area contributed by atoms with E-state index in [1.807, 2.05) is 15.6 Å². The molecule has 1 fully saturated rings. The van der Waals surface area contributed by atoms with Gasteiger partial charge in [0.1, 0.15) is 60.3 Å². The smallest absolute Gasteiger partial charge is 0.349 e. The zero-order valence-corrected chi connectivity index (χ0v) is 40.1. The van der Waals surface area contributed by atoms with Crippen molar-refractivity contribution < 1.29 is 107 Å². The summed E-state index contributed by atoms with van der Waals surface area (Å²) in [5.41, 5.74) is 3.50. The largest absolute Gasteiger partial charge is 0.756 e. The predicted octanol–water partition coefficient (Wildman–Crippen LogP) is -9.15. The zero-order valence-electron chi connectivity index (χ0n) is 38.3. The highest BCUT2D eigenvalue weighted by Crippen LogP contribution is 2.43. The summed E-state index contributed by atoms with van der Waals surface area (Å²) in [6, 6.07) is 0.754. The van der Waals surface area contributed by atoms with Crippen LogP contribution in [0.4, 0.5) is 5.82 Å². The number of carbonyl (C=O) groups excluding carboxylic acids is 5. The van der Waals surface area contributed by atoms with Crippen LogP contribution in [0.3, 0.4) is 0 Å². The Balaban J connectivity index is 1.08. The number of aromatic nitrogens is 7. The van der Waals surface area contributed by atoms with E-state index in [9.17, 15) is 93.3 Å². The van der Waals surface area contributed by atoms with Crippen molar-refractivity contribution in [3.8, 4) is 17.1 Å². The molecule has 3 aliphatic rings. The summed E-state index contributed by atoms with van der Waals surface area (Å²) in [5.74, 6) is -8.98. The summed E-state index contributed by atoms with van der Waals surface area (Å²) in [6.45, 7) is -2.38. The van der Waals surface area contributed by atoms with Crippen LogP contribution in [0, 0.1) is 0 Å². The number of ether oxygens (including phenoxy) is 1. The number of aliphatic hydroxyl groups is 5. The standard InChI is InChI=1S/C39H48N10O24P2/c1-15(34(58)45-20(38(62)63)4-6-25(52)44-19(37(60)61)5-7-26(53)54)72-74(65,66)69-11-23(51)28(55)22(50)10-48-21-9-17(3-2-16(21)8-18-32(48)46-39(64)47-35(18)59)73-75(67,68)70-12-24-29(56)30(57)36(71-24)49-14-43-27-31(40)41-13-42-33(27)49/h2-3,8-9,13-15,19-20,22-24,28-30,36,50-51,55-57H,4-7,10-12H2,1H3,(H,44,52)(H,45,58)(H,53,54)(H,60,61)(H,62,63)(H,65,66)(H,67,68)(H2,40,41,42)(H,47,59,64)/p-5/t15-,19-,20-,22-,23+,24+,28-,29+,30+,36+/m0/s1. The first-order valence-corrected chi connectivity index (χ1v) is 24.6. The number of nitrogens with one attached hydrogen (secondary N) is 3. The van der Waals surface area contributed by atoms with Gasteiger partial charge in [0.15, 0.2) is 23.5 Å². The van der Waals surface area contributed by atoms with Crippen LogP contribution in [0.25, 0.3) is 33.5 Å². The number of hydrogen-bond acceptors (Lipinski definition) is 29. The molecule has 34 nitrogen and oxygen atoms in total.